The van der Waals surface area contributed by atoms with E-state index in [4.69, 9.17) is 4.74 Å². The smallest absolute Gasteiger partial charge is 0.223 e. The first-order valence-corrected chi connectivity index (χ1v) is 6.06. The Labute approximate surface area is 102 Å². The SMILES string of the molecule is COc1ccc([C@@H](C)NC(=O)[C@@H]2C[C@@H]2C)cc1. The van der Waals surface area contributed by atoms with Crippen LogP contribution in [-0.2, 0) is 4.79 Å². The van der Waals surface area contributed by atoms with Crippen LogP contribution in [0.4, 0.5) is 0 Å². The Hall–Kier alpha value is -1.51. The van der Waals surface area contributed by atoms with Crippen molar-refractivity contribution in [1.29, 1.82) is 0 Å². The van der Waals surface area contributed by atoms with Crippen LogP contribution in [0.2, 0.25) is 0 Å². The van der Waals surface area contributed by atoms with Gasteiger partial charge in [-0.05, 0) is 37.0 Å². The van der Waals surface area contributed by atoms with Crippen LogP contribution in [0.1, 0.15) is 31.9 Å². The number of methoxy groups -OCH3 is 1. The summed E-state index contributed by atoms with van der Waals surface area (Å²) in [7, 11) is 1.65. The Morgan fingerprint density at radius 2 is 2.00 bits per heavy atom. The van der Waals surface area contributed by atoms with Crippen LogP contribution in [0, 0.1) is 11.8 Å². The summed E-state index contributed by atoms with van der Waals surface area (Å²) in [5.41, 5.74) is 1.10. The van der Waals surface area contributed by atoms with Gasteiger partial charge in [-0.1, -0.05) is 19.1 Å². The van der Waals surface area contributed by atoms with Gasteiger partial charge in [-0.2, -0.15) is 0 Å². The second kappa shape index (κ2) is 4.78. The molecule has 1 N–H and O–H groups in total. The molecule has 1 aromatic carbocycles. The molecule has 17 heavy (non-hydrogen) atoms. The zero-order valence-electron chi connectivity index (χ0n) is 10.6. The zero-order valence-corrected chi connectivity index (χ0v) is 10.6. The van der Waals surface area contributed by atoms with E-state index in [9.17, 15) is 4.79 Å². The van der Waals surface area contributed by atoms with Crippen molar-refractivity contribution in [2.75, 3.05) is 7.11 Å². The Morgan fingerprint density at radius 1 is 1.41 bits per heavy atom. The molecule has 1 fully saturated rings. The minimum atomic E-state index is 0.0567. The third-order valence-corrected chi connectivity index (χ3v) is 3.42. The second-order valence-corrected chi connectivity index (χ2v) is 4.82. The topological polar surface area (TPSA) is 38.3 Å². The lowest BCUT2D eigenvalue weighted by molar-refractivity contribution is -0.123. The summed E-state index contributed by atoms with van der Waals surface area (Å²) in [6, 6.07) is 7.86. The first kappa shape index (κ1) is 12.0. The lowest BCUT2D eigenvalue weighted by Crippen LogP contribution is -2.28. The maximum absolute atomic E-state index is 11.8. The fourth-order valence-electron chi connectivity index (χ4n) is 1.98. The summed E-state index contributed by atoms with van der Waals surface area (Å²) in [6.45, 7) is 4.12. The highest BCUT2D eigenvalue weighted by molar-refractivity contribution is 5.81. The van der Waals surface area contributed by atoms with E-state index < -0.39 is 0 Å². The zero-order chi connectivity index (χ0) is 12.4. The molecule has 1 aliphatic rings. The maximum atomic E-state index is 11.8. The maximum Gasteiger partial charge on any atom is 0.223 e. The predicted octanol–water partition coefficient (Wildman–Crippen LogP) is 2.53. The number of hydrogen-bond donors (Lipinski definition) is 1. The van der Waals surface area contributed by atoms with E-state index in [1.807, 2.05) is 31.2 Å². The molecule has 3 atom stereocenters. The molecule has 1 aromatic rings. The summed E-state index contributed by atoms with van der Waals surface area (Å²) >= 11 is 0. The summed E-state index contributed by atoms with van der Waals surface area (Å²) in [4.78, 5) is 11.8. The normalized spacial score (nSPS) is 23.9. The van der Waals surface area contributed by atoms with Crippen LogP contribution in [0.25, 0.3) is 0 Å². The van der Waals surface area contributed by atoms with Crippen molar-refractivity contribution in [3.8, 4) is 5.75 Å². The Balaban J connectivity index is 1.94. The van der Waals surface area contributed by atoms with Gasteiger partial charge in [0.25, 0.3) is 0 Å². The quantitative estimate of drug-likeness (QED) is 0.867. The Morgan fingerprint density at radius 3 is 2.47 bits per heavy atom. The monoisotopic (exact) mass is 233 g/mol. The van der Waals surface area contributed by atoms with E-state index in [2.05, 4.69) is 12.2 Å². The van der Waals surface area contributed by atoms with E-state index in [0.29, 0.717) is 5.92 Å². The van der Waals surface area contributed by atoms with Gasteiger partial charge in [0.15, 0.2) is 0 Å². The van der Waals surface area contributed by atoms with Crippen molar-refractivity contribution in [3.63, 3.8) is 0 Å². The third-order valence-electron chi connectivity index (χ3n) is 3.42. The molecule has 0 saturated heterocycles. The highest BCUT2D eigenvalue weighted by Gasteiger charge is 2.39. The molecule has 0 aromatic heterocycles. The molecule has 3 nitrogen and oxygen atoms in total. The minimum absolute atomic E-state index is 0.0567. The van der Waals surface area contributed by atoms with E-state index in [-0.39, 0.29) is 17.9 Å². The van der Waals surface area contributed by atoms with E-state index in [1.165, 1.54) is 0 Å². The molecule has 1 amide bonds. The van der Waals surface area contributed by atoms with Gasteiger partial charge in [0, 0.05) is 5.92 Å². The average Bonchev–Trinajstić information content (AvgIpc) is 3.06. The summed E-state index contributed by atoms with van der Waals surface area (Å²) in [6.07, 6.45) is 1.03. The number of benzene rings is 1. The summed E-state index contributed by atoms with van der Waals surface area (Å²) in [5.74, 6) is 1.80. The number of ether oxygens (including phenoxy) is 1. The van der Waals surface area contributed by atoms with Gasteiger partial charge in [0.1, 0.15) is 5.75 Å². The van der Waals surface area contributed by atoms with Crippen LogP contribution in [0.5, 0.6) is 5.75 Å². The fourth-order valence-corrected chi connectivity index (χ4v) is 1.98. The lowest BCUT2D eigenvalue weighted by atomic mass is 10.1. The first-order valence-electron chi connectivity index (χ1n) is 6.06. The number of nitrogens with one attached hydrogen (secondary N) is 1. The molecule has 1 aliphatic carbocycles. The third kappa shape index (κ3) is 2.78. The Kier molecular flexibility index (Phi) is 3.36. The minimum Gasteiger partial charge on any atom is -0.497 e. The van der Waals surface area contributed by atoms with Gasteiger partial charge in [-0.25, -0.2) is 0 Å². The van der Waals surface area contributed by atoms with Gasteiger partial charge in [-0.15, -0.1) is 0 Å². The van der Waals surface area contributed by atoms with Crippen molar-refractivity contribution in [1.82, 2.24) is 5.32 Å². The molecule has 0 spiro atoms. The van der Waals surface area contributed by atoms with Crippen LogP contribution >= 0.6 is 0 Å². The first-order chi connectivity index (χ1) is 8.11. The molecule has 1 saturated carbocycles. The molecular weight excluding hydrogens is 214 g/mol. The van der Waals surface area contributed by atoms with Gasteiger partial charge in [-0.3, -0.25) is 4.79 Å². The number of carbonyl (C=O) groups is 1. The van der Waals surface area contributed by atoms with Crippen molar-refractivity contribution in [2.45, 2.75) is 26.3 Å². The molecule has 0 heterocycles. The highest BCUT2D eigenvalue weighted by atomic mass is 16.5. The summed E-state index contributed by atoms with van der Waals surface area (Å²) in [5, 5.41) is 3.05. The fraction of sp³-hybridized carbons (Fsp3) is 0.500. The molecule has 0 unspecified atom stereocenters. The van der Waals surface area contributed by atoms with Gasteiger partial charge in [0.2, 0.25) is 5.91 Å². The van der Waals surface area contributed by atoms with Crippen molar-refractivity contribution in [3.05, 3.63) is 29.8 Å². The molecule has 0 bridgehead atoms. The summed E-state index contributed by atoms with van der Waals surface area (Å²) < 4.78 is 5.10. The molecule has 2 rings (SSSR count). The van der Waals surface area contributed by atoms with Crippen LogP contribution < -0.4 is 10.1 Å². The largest absolute Gasteiger partial charge is 0.497 e. The highest BCUT2D eigenvalue weighted by Crippen LogP contribution is 2.38. The number of hydrogen-bond acceptors (Lipinski definition) is 2. The van der Waals surface area contributed by atoms with Crippen molar-refractivity contribution < 1.29 is 9.53 Å². The molecule has 3 heteroatoms. The van der Waals surface area contributed by atoms with Crippen molar-refractivity contribution in [2.24, 2.45) is 11.8 Å². The lowest BCUT2D eigenvalue weighted by Gasteiger charge is -2.14. The van der Waals surface area contributed by atoms with E-state index in [1.54, 1.807) is 7.11 Å². The van der Waals surface area contributed by atoms with Crippen LogP contribution in [-0.4, -0.2) is 13.0 Å². The Bertz CT molecular complexity index is 399. The van der Waals surface area contributed by atoms with E-state index >= 15 is 0 Å². The second-order valence-electron chi connectivity index (χ2n) is 4.82. The molecule has 0 aliphatic heterocycles. The standard InChI is InChI=1S/C14H19NO2/c1-9-8-13(9)14(16)15-10(2)11-4-6-12(17-3)7-5-11/h4-7,9-10,13H,8H2,1-3H3,(H,15,16)/t9-,10+,13+/m0/s1. The molecule has 0 radical (unpaired) electrons. The van der Waals surface area contributed by atoms with Gasteiger partial charge in [0.05, 0.1) is 13.2 Å². The number of amides is 1. The number of carbonyl (C=O) groups excluding carboxylic acids is 1. The average molecular weight is 233 g/mol. The van der Waals surface area contributed by atoms with Gasteiger partial charge < -0.3 is 10.1 Å². The van der Waals surface area contributed by atoms with E-state index in [0.717, 1.165) is 17.7 Å². The van der Waals surface area contributed by atoms with Crippen LogP contribution in [0.15, 0.2) is 24.3 Å². The van der Waals surface area contributed by atoms with Crippen molar-refractivity contribution >= 4 is 5.91 Å². The number of rotatable bonds is 4. The molecular formula is C14H19NO2. The predicted molar refractivity (Wildman–Crippen MR) is 66.8 cm³/mol. The van der Waals surface area contributed by atoms with Gasteiger partial charge >= 0.3 is 0 Å². The molecule has 92 valence electrons. The van der Waals surface area contributed by atoms with Crippen LogP contribution in [0.3, 0.4) is 0 Å².